The highest BCUT2D eigenvalue weighted by atomic mass is 32.1. The van der Waals surface area contributed by atoms with Crippen molar-refractivity contribution in [3.63, 3.8) is 0 Å². The molecule has 4 heteroatoms. The fourth-order valence-corrected chi connectivity index (χ4v) is 4.14. The molecular weight excluding hydrogens is 256 g/mol. The average Bonchev–Trinajstić information content (AvgIpc) is 3.19. The highest BCUT2D eigenvalue weighted by molar-refractivity contribution is 7.17. The van der Waals surface area contributed by atoms with Crippen LogP contribution in [0.1, 0.15) is 73.2 Å². The summed E-state index contributed by atoms with van der Waals surface area (Å²) in [5.41, 5.74) is 1.08. The van der Waals surface area contributed by atoms with Gasteiger partial charge in [0.15, 0.2) is 11.4 Å². The molecule has 19 heavy (non-hydrogen) atoms. The SMILES string of the molecule is CCCC1CCCCN1c1nc(C2CC2)c(C=O)s1. The third kappa shape index (κ3) is 2.69. The maximum atomic E-state index is 11.2. The average molecular weight is 278 g/mol. The predicted molar refractivity (Wildman–Crippen MR) is 79.4 cm³/mol. The Hall–Kier alpha value is -0.900. The van der Waals surface area contributed by atoms with Gasteiger partial charge in [0.05, 0.1) is 10.6 Å². The molecule has 1 aliphatic heterocycles. The van der Waals surface area contributed by atoms with E-state index in [9.17, 15) is 4.79 Å². The van der Waals surface area contributed by atoms with Crippen molar-refractivity contribution in [2.24, 2.45) is 0 Å². The van der Waals surface area contributed by atoms with Gasteiger partial charge in [-0.05, 0) is 38.5 Å². The molecule has 3 rings (SSSR count). The van der Waals surface area contributed by atoms with Crippen molar-refractivity contribution in [1.82, 2.24) is 4.98 Å². The van der Waals surface area contributed by atoms with E-state index in [0.29, 0.717) is 12.0 Å². The van der Waals surface area contributed by atoms with Gasteiger partial charge in [0.1, 0.15) is 0 Å². The molecule has 0 spiro atoms. The highest BCUT2D eigenvalue weighted by Crippen LogP contribution is 2.44. The summed E-state index contributed by atoms with van der Waals surface area (Å²) < 4.78 is 0. The number of carbonyl (C=O) groups excluding carboxylic acids is 1. The zero-order valence-electron chi connectivity index (χ0n) is 11.6. The number of aldehydes is 1. The normalized spacial score (nSPS) is 23.6. The van der Waals surface area contributed by atoms with Crippen LogP contribution in [-0.4, -0.2) is 23.9 Å². The molecule has 0 aromatic carbocycles. The molecule has 1 saturated carbocycles. The zero-order valence-corrected chi connectivity index (χ0v) is 12.4. The molecule has 3 nitrogen and oxygen atoms in total. The molecule has 104 valence electrons. The molecule has 1 aliphatic carbocycles. The van der Waals surface area contributed by atoms with Crippen molar-refractivity contribution in [3.05, 3.63) is 10.6 Å². The minimum Gasteiger partial charge on any atom is -0.345 e. The predicted octanol–water partition coefficient (Wildman–Crippen LogP) is 3.99. The number of thiazole rings is 1. The molecule has 2 fully saturated rings. The Bertz CT molecular complexity index is 451. The molecule has 0 amide bonds. The number of hydrogen-bond acceptors (Lipinski definition) is 4. The Kier molecular flexibility index (Phi) is 3.87. The smallest absolute Gasteiger partial charge is 0.186 e. The van der Waals surface area contributed by atoms with Crippen LogP contribution in [-0.2, 0) is 0 Å². The third-order valence-corrected chi connectivity index (χ3v) is 5.27. The Morgan fingerprint density at radius 3 is 2.89 bits per heavy atom. The van der Waals surface area contributed by atoms with E-state index in [4.69, 9.17) is 4.98 Å². The van der Waals surface area contributed by atoms with E-state index >= 15 is 0 Å². The number of hydrogen-bond donors (Lipinski definition) is 0. The maximum Gasteiger partial charge on any atom is 0.186 e. The number of aromatic nitrogens is 1. The molecule has 2 heterocycles. The summed E-state index contributed by atoms with van der Waals surface area (Å²) in [6, 6.07) is 0.636. The second kappa shape index (κ2) is 5.61. The van der Waals surface area contributed by atoms with Gasteiger partial charge >= 0.3 is 0 Å². The minimum absolute atomic E-state index is 0.569. The van der Waals surface area contributed by atoms with Crippen molar-refractivity contribution in [2.75, 3.05) is 11.4 Å². The van der Waals surface area contributed by atoms with Gasteiger partial charge in [0, 0.05) is 18.5 Å². The summed E-state index contributed by atoms with van der Waals surface area (Å²) in [6.07, 6.45) is 9.77. The largest absolute Gasteiger partial charge is 0.345 e. The van der Waals surface area contributed by atoms with Gasteiger partial charge in [-0.3, -0.25) is 4.79 Å². The van der Waals surface area contributed by atoms with Crippen molar-refractivity contribution < 1.29 is 4.79 Å². The Morgan fingerprint density at radius 2 is 2.21 bits per heavy atom. The molecule has 1 unspecified atom stereocenters. The number of rotatable bonds is 5. The van der Waals surface area contributed by atoms with Gasteiger partial charge in [-0.25, -0.2) is 4.98 Å². The maximum absolute atomic E-state index is 11.2. The van der Waals surface area contributed by atoms with Gasteiger partial charge < -0.3 is 4.90 Å². The highest BCUT2D eigenvalue weighted by Gasteiger charge is 2.32. The lowest BCUT2D eigenvalue weighted by molar-refractivity contribution is 0.112. The molecule has 0 bridgehead atoms. The van der Waals surface area contributed by atoms with Gasteiger partial charge in [-0.15, -0.1) is 0 Å². The number of piperidine rings is 1. The second-order valence-corrected chi connectivity index (χ2v) is 6.78. The lowest BCUT2D eigenvalue weighted by atomic mass is 9.99. The first-order valence-electron chi connectivity index (χ1n) is 7.56. The summed E-state index contributed by atoms with van der Waals surface area (Å²) in [7, 11) is 0. The molecule has 1 aromatic heterocycles. The van der Waals surface area contributed by atoms with E-state index in [2.05, 4.69) is 11.8 Å². The van der Waals surface area contributed by atoms with E-state index < -0.39 is 0 Å². The van der Waals surface area contributed by atoms with E-state index in [-0.39, 0.29) is 0 Å². The summed E-state index contributed by atoms with van der Waals surface area (Å²) in [5, 5.41) is 1.10. The van der Waals surface area contributed by atoms with Crippen LogP contribution in [0, 0.1) is 0 Å². The topological polar surface area (TPSA) is 33.2 Å². The molecule has 1 aromatic rings. The van der Waals surface area contributed by atoms with Crippen molar-refractivity contribution in [3.8, 4) is 0 Å². The van der Waals surface area contributed by atoms with E-state index in [1.807, 2.05) is 0 Å². The van der Waals surface area contributed by atoms with E-state index in [0.717, 1.165) is 28.5 Å². The fourth-order valence-electron chi connectivity index (χ4n) is 3.07. The molecule has 1 atom stereocenters. The van der Waals surface area contributed by atoms with Crippen molar-refractivity contribution >= 4 is 22.8 Å². The quantitative estimate of drug-likeness (QED) is 0.763. The molecule has 0 N–H and O–H groups in total. The van der Waals surface area contributed by atoms with Gasteiger partial charge in [0.25, 0.3) is 0 Å². The van der Waals surface area contributed by atoms with Crippen LogP contribution in [0.4, 0.5) is 5.13 Å². The van der Waals surface area contributed by atoms with Crippen LogP contribution in [0.5, 0.6) is 0 Å². The Balaban J connectivity index is 1.84. The van der Waals surface area contributed by atoms with E-state index in [1.54, 1.807) is 11.3 Å². The number of carbonyl (C=O) groups is 1. The van der Waals surface area contributed by atoms with Gasteiger partial charge in [-0.2, -0.15) is 0 Å². The summed E-state index contributed by atoms with van der Waals surface area (Å²) >= 11 is 1.61. The summed E-state index contributed by atoms with van der Waals surface area (Å²) in [5.74, 6) is 0.569. The van der Waals surface area contributed by atoms with Crippen LogP contribution in [0.3, 0.4) is 0 Å². The Labute approximate surface area is 119 Å². The van der Waals surface area contributed by atoms with Crippen LogP contribution >= 0.6 is 11.3 Å². The monoisotopic (exact) mass is 278 g/mol. The molecular formula is C15H22N2OS. The lowest BCUT2D eigenvalue weighted by Crippen LogP contribution is -2.39. The van der Waals surface area contributed by atoms with Crippen LogP contribution < -0.4 is 4.90 Å². The Morgan fingerprint density at radius 1 is 1.37 bits per heavy atom. The van der Waals surface area contributed by atoms with Crippen molar-refractivity contribution in [2.45, 2.75) is 63.8 Å². The summed E-state index contributed by atoms with van der Waals surface area (Å²) in [6.45, 7) is 3.36. The standard InChI is InChI=1S/C15H22N2OS/c1-2-5-12-6-3-4-9-17(12)15-16-14(11-7-8-11)13(10-18)19-15/h10-12H,2-9H2,1H3. The van der Waals surface area contributed by atoms with Crippen LogP contribution in [0.15, 0.2) is 0 Å². The number of anilines is 1. The zero-order chi connectivity index (χ0) is 13.2. The second-order valence-electron chi connectivity index (χ2n) is 5.77. The molecule has 1 saturated heterocycles. The first kappa shape index (κ1) is 13.1. The summed E-state index contributed by atoms with van der Waals surface area (Å²) in [4.78, 5) is 19.4. The molecule has 0 radical (unpaired) electrons. The molecule has 2 aliphatic rings. The lowest BCUT2D eigenvalue weighted by Gasteiger charge is -2.35. The van der Waals surface area contributed by atoms with Crippen LogP contribution in [0.25, 0.3) is 0 Å². The van der Waals surface area contributed by atoms with E-state index in [1.165, 1.54) is 44.9 Å². The third-order valence-electron chi connectivity index (χ3n) is 4.24. The minimum atomic E-state index is 0.569. The first-order chi connectivity index (χ1) is 9.33. The first-order valence-corrected chi connectivity index (χ1v) is 8.37. The fraction of sp³-hybridized carbons (Fsp3) is 0.733. The van der Waals surface area contributed by atoms with Crippen LogP contribution in [0.2, 0.25) is 0 Å². The van der Waals surface area contributed by atoms with Gasteiger partial charge in [0.2, 0.25) is 0 Å². The number of nitrogens with zero attached hydrogens (tertiary/aromatic N) is 2. The van der Waals surface area contributed by atoms with Crippen molar-refractivity contribution in [1.29, 1.82) is 0 Å². The van der Waals surface area contributed by atoms with Gasteiger partial charge in [-0.1, -0.05) is 24.7 Å².